The summed E-state index contributed by atoms with van der Waals surface area (Å²) >= 11 is 0. The molecule has 0 unspecified atom stereocenters. The van der Waals surface area contributed by atoms with E-state index in [1.54, 1.807) is 116 Å². The molecule has 0 saturated heterocycles. The fourth-order valence-electron chi connectivity index (χ4n) is 16.0. The summed E-state index contributed by atoms with van der Waals surface area (Å²) in [6.07, 6.45) is 5.41. The minimum atomic E-state index is -1.46. The van der Waals surface area contributed by atoms with Crippen LogP contribution in [0.2, 0.25) is 0 Å². The van der Waals surface area contributed by atoms with E-state index in [4.69, 9.17) is 62.4 Å². The summed E-state index contributed by atoms with van der Waals surface area (Å²) in [4.78, 5) is 244. The number of guanidine groups is 2. The van der Waals surface area contributed by atoms with Gasteiger partial charge in [0.2, 0.25) is 94.5 Å². The highest BCUT2D eigenvalue weighted by atomic mass is 16.4. The molecule has 2 aromatic carbocycles. The first kappa shape index (κ1) is 131. The standard InChI is InChI=1S/C100H177N29O18/c1-11-64(10)83(97(145)123-72(41-22-28-48-105)87(135)118-68(37-18-24-44-101)85(133)115-59-82(131)117-79(56-65-32-14-12-15-33-65)94(142)120-70(39-20-26-46-103)88(136)124-74(98(146)147)42-23-29-49-106)129-96(144)78(55-63(8)9)126-90(138)73(43-31-51-113-100(110)111)122-92(140)76(53-61(4)5)127-93(141)77(54-62(6)7)125-89(137)71(40-21-27-47-104)119-86(134)69(38-19-25-45-102)121-95(143)80(57-66-34-16-13-17-35-66)128-91(139)75(52-60(2)3)116-81(130)58-114-84(132)67(107)36-30-50-112-99(108)109/h12-17,32-35,60-64,67-80,83H,11,18-31,36-59,101-107H2,1-10H3,(H,114,132)(H,115,133)(H,116,130)(H,117,131)(H,118,135)(H,119,134)(H,120,142)(H,121,143)(H,122,140)(H,123,145)(H,124,136)(H,125,137)(H,126,138)(H,127,141)(H,128,139)(H,129,144)(H,146,147)(H4,108,109,112)(H4,110,111,113)/t64-,67-,68-,69-,70-,71-,72-,73-,74-,75-,76-,77-,78-,79-,80-,83-/m0/s1. The summed E-state index contributed by atoms with van der Waals surface area (Å²) in [5.41, 5.74) is 53.4. The topological polar surface area (TPSA) is 809 Å². The predicted octanol–water partition coefficient (Wildman–Crippen LogP) is -2.57. The maximum Gasteiger partial charge on any atom is 0.326 e. The number of rotatable bonds is 79. The van der Waals surface area contributed by atoms with E-state index in [0.29, 0.717) is 108 Å². The Kier molecular flexibility index (Phi) is 66.3. The van der Waals surface area contributed by atoms with Crippen molar-refractivity contribution in [3.05, 3.63) is 71.8 Å². The number of nitrogens with one attached hydrogen (secondary N) is 20. The van der Waals surface area contributed by atoms with Gasteiger partial charge < -0.3 is 152 Å². The minimum Gasteiger partial charge on any atom is -0.480 e. The molecule has 16 amide bonds. The third kappa shape index (κ3) is 55.9. The van der Waals surface area contributed by atoms with E-state index < -0.39 is 216 Å². The Hall–Kier alpha value is -12.3. The zero-order valence-corrected chi connectivity index (χ0v) is 88.0. The van der Waals surface area contributed by atoms with E-state index in [1.807, 2.05) is 13.8 Å². The minimum absolute atomic E-state index is 0.000536. The number of carbonyl (C=O) groups is 17. The predicted molar refractivity (Wildman–Crippen MR) is 562 cm³/mol. The number of carbonyl (C=O) groups excluding carboxylic acids is 16. The number of unbranched alkanes of at least 4 members (excludes halogenated alkanes) is 6. The maximum absolute atomic E-state index is 15.1. The van der Waals surface area contributed by atoms with Crippen molar-refractivity contribution < 1.29 is 86.6 Å². The number of amides is 16. The van der Waals surface area contributed by atoms with Gasteiger partial charge in [0, 0.05) is 25.9 Å². The summed E-state index contributed by atoms with van der Waals surface area (Å²) in [7, 11) is 0. The fraction of sp³-hybridized carbons (Fsp3) is 0.690. The Bertz CT molecular complexity index is 4370. The highest BCUT2D eigenvalue weighted by molar-refractivity contribution is 6.01. The molecule has 47 heteroatoms. The highest BCUT2D eigenvalue weighted by Gasteiger charge is 2.40. The van der Waals surface area contributed by atoms with Crippen LogP contribution in [0.5, 0.6) is 0 Å². The second kappa shape index (κ2) is 74.6. The van der Waals surface area contributed by atoms with E-state index in [-0.39, 0.29) is 172 Å². The molecule has 147 heavy (non-hydrogen) atoms. The molecular weight excluding hydrogens is 1900 g/mol. The van der Waals surface area contributed by atoms with Crippen LogP contribution in [-0.4, -0.2) is 274 Å². The van der Waals surface area contributed by atoms with Crippen molar-refractivity contribution in [3.8, 4) is 0 Å². The molecule has 0 saturated carbocycles. The summed E-state index contributed by atoms with van der Waals surface area (Å²) in [5.74, 6) is -16.4. The van der Waals surface area contributed by atoms with Crippen LogP contribution in [0, 0.1) is 40.4 Å². The quantitative estimate of drug-likeness (QED) is 0.0184. The number of carboxylic acid groups (broad SMARTS) is 1. The van der Waals surface area contributed by atoms with Gasteiger partial charge in [0.25, 0.3) is 0 Å². The second-order valence-electron chi connectivity index (χ2n) is 39.2. The summed E-state index contributed by atoms with van der Waals surface area (Å²) in [6, 6.07) is -2.60. The van der Waals surface area contributed by atoms with Crippen molar-refractivity contribution in [2.75, 3.05) is 65.4 Å². The van der Waals surface area contributed by atoms with Gasteiger partial charge in [-0.2, -0.15) is 0 Å². The number of nitrogens with two attached hydrogens (primary N) is 9. The van der Waals surface area contributed by atoms with E-state index in [9.17, 15) is 67.4 Å². The van der Waals surface area contributed by atoms with Gasteiger partial charge in [-0.05, 0) is 247 Å². The highest BCUT2D eigenvalue weighted by Crippen LogP contribution is 2.20. The zero-order valence-electron chi connectivity index (χ0n) is 88.0. The summed E-state index contributed by atoms with van der Waals surface area (Å²) < 4.78 is 0. The van der Waals surface area contributed by atoms with Crippen LogP contribution in [0.4, 0.5) is 0 Å². The molecule has 16 atom stereocenters. The molecule has 0 heterocycles. The lowest BCUT2D eigenvalue weighted by atomic mass is 9.95. The normalized spacial score (nSPS) is 14.5. The van der Waals surface area contributed by atoms with Gasteiger partial charge in [-0.3, -0.25) is 87.5 Å². The third-order valence-corrected chi connectivity index (χ3v) is 24.3. The zero-order chi connectivity index (χ0) is 110. The Morgan fingerprint density at radius 1 is 0.279 bits per heavy atom. The molecule has 0 aliphatic rings. The molecule has 2 rings (SSSR count). The molecule has 0 aliphatic heterocycles. The Morgan fingerprint density at radius 2 is 0.517 bits per heavy atom. The van der Waals surface area contributed by atoms with Gasteiger partial charge in [0.1, 0.15) is 84.6 Å². The number of carboxylic acids is 1. The van der Waals surface area contributed by atoms with Crippen LogP contribution in [0.3, 0.4) is 0 Å². The van der Waals surface area contributed by atoms with E-state index in [2.05, 4.69) is 95.7 Å². The smallest absolute Gasteiger partial charge is 0.326 e. The lowest BCUT2D eigenvalue weighted by Gasteiger charge is -2.30. The van der Waals surface area contributed by atoms with E-state index >= 15 is 19.2 Å². The first-order valence-electron chi connectivity index (χ1n) is 52.1. The van der Waals surface area contributed by atoms with Gasteiger partial charge in [0.05, 0.1) is 19.1 Å². The average Bonchev–Trinajstić information content (AvgIpc) is 0.826. The van der Waals surface area contributed by atoms with E-state index in [0.717, 1.165) is 0 Å². The molecule has 39 N–H and O–H groups in total. The van der Waals surface area contributed by atoms with Crippen molar-refractivity contribution in [2.24, 2.45) is 81.2 Å². The van der Waals surface area contributed by atoms with Crippen molar-refractivity contribution >= 4 is 112 Å². The van der Waals surface area contributed by atoms with Crippen LogP contribution in [0.1, 0.15) is 254 Å². The molecule has 0 radical (unpaired) electrons. The van der Waals surface area contributed by atoms with Crippen LogP contribution < -0.4 is 147 Å². The van der Waals surface area contributed by atoms with Gasteiger partial charge in [-0.1, -0.05) is 136 Å². The lowest BCUT2D eigenvalue weighted by molar-refractivity contribution is -0.142. The maximum atomic E-state index is 15.1. The lowest BCUT2D eigenvalue weighted by Crippen LogP contribution is -2.61. The average molecular weight is 2070 g/mol. The molecule has 2 aromatic rings. The van der Waals surface area contributed by atoms with Crippen molar-refractivity contribution in [1.29, 1.82) is 10.8 Å². The molecule has 47 nitrogen and oxygen atoms in total. The van der Waals surface area contributed by atoms with Crippen LogP contribution in [0.25, 0.3) is 0 Å². The summed E-state index contributed by atoms with van der Waals surface area (Å²) in [5, 5.41) is 74.0. The molecule has 0 aliphatic carbocycles. The molecule has 0 bridgehead atoms. The van der Waals surface area contributed by atoms with Crippen LogP contribution in [-0.2, 0) is 94.3 Å². The first-order chi connectivity index (χ1) is 69.8. The van der Waals surface area contributed by atoms with Gasteiger partial charge in [-0.15, -0.1) is 0 Å². The van der Waals surface area contributed by atoms with Crippen LogP contribution >= 0.6 is 0 Å². The number of hydrogen-bond donors (Lipinski definition) is 30. The van der Waals surface area contributed by atoms with Gasteiger partial charge in [-0.25, -0.2) is 4.79 Å². The Balaban J connectivity index is 2.60. The van der Waals surface area contributed by atoms with Gasteiger partial charge in [0.15, 0.2) is 11.9 Å². The van der Waals surface area contributed by atoms with Gasteiger partial charge >= 0.3 is 5.97 Å². The SMILES string of the molecule is CC[C@H](C)[C@H](NC(=O)[C@H](CC(C)C)NC(=O)[C@H](CCCNC(=N)N)NC(=O)[C@H](CC(C)C)NC(=O)[C@H](CC(C)C)NC(=O)[C@H](CCCCN)NC(=O)[C@H](CCCCN)NC(=O)[C@H](Cc1ccccc1)NC(=O)[C@H](CC(C)C)NC(=O)CNC(=O)[C@@H](N)CCCNC(=N)N)C(=O)N[C@@H](CCCCN)C(=O)N[C@@H](CCCCN)C(=O)NCC(=O)N[C@@H](Cc1ccccc1)C(=O)N[C@@H](CCCCN)C(=O)N[C@@H](CCCCN)C(=O)O. The molecule has 0 aromatic heterocycles. The van der Waals surface area contributed by atoms with Crippen molar-refractivity contribution in [3.63, 3.8) is 0 Å². The monoisotopic (exact) mass is 2070 g/mol. The molecular formula is C100H177N29O18. The molecule has 0 spiro atoms. The van der Waals surface area contributed by atoms with Crippen LogP contribution in [0.15, 0.2) is 60.7 Å². The number of benzene rings is 2. The number of aliphatic carboxylic acids is 1. The molecule has 0 fully saturated rings. The summed E-state index contributed by atoms with van der Waals surface area (Å²) in [6.45, 7) is 18.3. The Morgan fingerprint density at radius 3 is 0.823 bits per heavy atom. The number of hydrogen-bond acceptors (Lipinski definition) is 26. The second-order valence-corrected chi connectivity index (χ2v) is 39.2. The molecule has 830 valence electrons. The fourth-order valence-corrected chi connectivity index (χ4v) is 16.0. The Labute approximate surface area is 865 Å². The first-order valence-corrected chi connectivity index (χ1v) is 52.1. The largest absolute Gasteiger partial charge is 0.480 e. The van der Waals surface area contributed by atoms with Crippen molar-refractivity contribution in [2.45, 2.75) is 346 Å². The van der Waals surface area contributed by atoms with E-state index in [1.165, 1.54) is 0 Å². The third-order valence-electron chi connectivity index (χ3n) is 24.3. The van der Waals surface area contributed by atoms with Crippen molar-refractivity contribution in [1.82, 2.24) is 95.7 Å².